The van der Waals surface area contributed by atoms with Gasteiger partial charge in [0.2, 0.25) is 0 Å². The van der Waals surface area contributed by atoms with Crippen molar-refractivity contribution in [2.45, 2.75) is 25.8 Å². The van der Waals surface area contributed by atoms with Crippen molar-refractivity contribution in [1.29, 1.82) is 0 Å². The average Bonchev–Trinajstić information content (AvgIpc) is 3.16. The first-order valence-corrected chi connectivity index (χ1v) is 8.98. The minimum Gasteiger partial charge on any atom is -0.339 e. The number of hydrogen-bond donors (Lipinski definition) is 1. The molecule has 0 radical (unpaired) electrons. The summed E-state index contributed by atoms with van der Waals surface area (Å²) >= 11 is 10.5. The Morgan fingerprint density at radius 3 is 2.38 bits per heavy atom. The molecule has 0 unspecified atom stereocenters. The Balaban J connectivity index is 1.90. The predicted molar refractivity (Wildman–Crippen MR) is 94.9 cm³/mol. The number of hydrogen-bond acceptors (Lipinski definition) is 1. The summed E-state index contributed by atoms with van der Waals surface area (Å²) in [5.41, 5.74) is 2.56. The number of carbonyl (C=O) groups is 1. The summed E-state index contributed by atoms with van der Waals surface area (Å²) in [5, 5.41) is 2.98. The molecule has 1 heterocycles. The van der Waals surface area contributed by atoms with Crippen molar-refractivity contribution in [3.05, 3.63) is 49.1 Å². The van der Waals surface area contributed by atoms with E-state index in [1.165, 1.54) is 0 Å². The predicted octanol–water partition coefficient (Wildman–Crippen LogP) is 5.67. The number of aromatic nitrogens is 1. The Morgan fingerprint density at radius 2 is 1.81 bits per heavy atom. The largest absolute Gasteiger partial charge is 0.339 e. The number of halogens is 3. The molecule has 6 heteroatoms. The number of anilines is 1. The number of amides is 1. The van der Waals surface area contributed by atoms with Crippen molar-refractivity contribution in [1.82, 2.24) is 4.57 Å². The van der Waals surface area contributed by atoms with Gasteiger partial charge in [-0.25, -0.2) is 0 Å². The standard InChI is InChI=1S/C15H13Br3N2O/c1-8-4-11(17)14(12(18)5-8)19-15(21)13-6-9(16)7-20(13)10-2-3-10/h4-7,10H,2-3H2,1H3,(H,19,21). The first-order valence-electron chi connectivity index (χ1n) is 6.60. The summed E-state index contributed by atoms with van der Waals surface area (Å²) in [6, 6.07) is 6.29. The first kappa shape index (κ1) is 15.3. The molecule has 0 bridgehead atoms. The third-order valence-electron chi connectivity index (χ3n) is 3.41. The third kappa shape index (κ3) is 3.27. The maximum atomic E-state index is 12.6. The molecule has 1 amide bonds. The van der Waals surface area contributed by atoms with E-state index in [1.54, 1.807) is 0 Å². The van der Waals surface area contributed by atoms with Crippen molar-refractivity contribution in [3.8, 4) is 0 Å². The average molecular weight is 477 g/mol. The zero-order valence-electron chi connectivity index (χ0n) is 11.3. The second-order valence-corrected chi connectivity index (χ2v) is 7.86. The molecule has 1 saturated carbocycles. The number of carbonyl (C=O) groups excluding carboxylic acids is 1. The molecule has 1 aromatic heterocycles. The van der Waals surface area contributed by atoms with Crippen LogP contribution in [0.3, 0.4) is 0 Å². The lowest BCUT2D eigenvalue weighted by Gasteiger charge is -2.12. The van der Waals surface area contributed by atoms with E-state index in [1.807, 2.05) is 31.3 Å². The summed E-state index contributed by atoms with van der Waals surface area (Å²) in [6.45, 7) is 2.01. The van der Waals surface area contributed by atoms with Crippen molar-refractivity contribution in [2.24, 2.45) is 0 Å². The molecule has 1 fully saturated rings. The van der Waals surface area contributed by atoms with Crippen LogP contribution in [0.5, 0.6) is 0 Å². The van der Waals surface area contributed by atoms with E-state index < -0.39 is 0 Å². The number of benzene rings is 1. The van der Waals surface area contributed by atoms with Gasteiger partial charge in [0.1, 0.15) is 5.69 Å². The molecular weight excluding hydrogens is 464 g/mol. The first-order chi connectivity index (χ1) is 9.95. The van der Waals surface area contributed by atoms with E-state index >= 15 is 0 Å². The molecule has 110 valence electrons. The van der Waals surface area contributed by atoms with Crippen LogP contribution in [0.25, 0.3) is 0 Å². The van der Waals surface area contributed by atoms with Crippen molar-refractivity contribution < 1.29 is 4.79 Å². The normalized spacial score (nSPS) is 14.3. The zero-order valence-corrected chi connectivity index (χ0v) is 16.0. The van der Waals surface area contributed by atoms with Crippen LogP contribution >= 0.6 is 47.8 Å². The van der Waals surface area contributed by atoms with Gasteiger partial charge in [-0.3, -0.25) is 4.79 Å². The number of nitrogens with one attached hydrogen (secondary N) is 1. The minimum absolute atomic E-state index is 0.0992. The van der Waals surface area contributed by atoms with E-state index in [4.69, 9.17) is 0 Å². The summed E-state index contributed by atoms with van der Waals surface area (Å²) in [5.74, 6) is -0.0992. The second kappa shape index (κ2) is 5.89. The fourth-order valence-electron chi connectivity index (χ4n) is 2.28. The quantitative estimate of drug-likeness (QED) is 0.608. The van der Waals surface area contributed by atoms with E-state index in [-0.39, 0.29) is 5.91 Å². The fourth-order valence-corrected chi connectivity index (χ4v) is 4.33. The van der Waals surface area contributed by atoms with Crippen molar-refractivity contribution in [2.75, 3.05) is 5.32 Å². The lowest BCUT2D eigenvalue weighted by molar-refractivity contribution is 0.101. The Morgan fingerprint density at radius 1 is 1.19 bits per heavy atom. The van der Waals surface area contributed by atoms with E-state index in [0.717, 1.165) is 37.5 Å². The molecule has 21 heavy (non-hydrogen) atoms. The van der Waals surface area contributed by atoms with Crippen LogP contribution in [0.1, 0.15) is 34.9 Å². The minimum atomic E-state index is -0.0992. The molecule has 1 aliphatic carbocycles. The molecule has 0 spiro atoms. The van der Waals surface area contributed by atoms with Gasteiger partial charge in [-0.15, -0.1) is 0 Å². The van der Waals surface area contributed by atoms with Gasteiger partial charge in [-0.05, 0) is 91.3 Å². The summed E-state index contributed by atoms with van der Waals surface area (Å²) in [6.07, 6.45) is 4.25. The lowest BCUT2D eigenvalue weighted by atomic mass is 10.2. The molecule has 0 saturated heterocycles. The van der Waals surface area contributed by atoms with Gasteiger partial charge < -0.3 is 9.88 Å². The molecule has 1 aliphatic rings. The van der Waals surface area contributed by atoms with E-state index in [9.17, 15) is 4.79 Å². The molecule has 0 aliphatic heterocycles. The fraction of sp³-hybridized carbons (Fsp3) is 0.267. The van der Waals surface area contributed by atoms with Gasteiger partial charge in [0.25, 0.3) is 5.91 Å². The van der Waals surface area contributed by atoms with Gasteiger partial charge in [-0.2, -0.15) is 0 Å². The monoisotopic (exact) mass is 474 g/mol. The number of rotatable bonds is 3. The van der Waals surface area contributed by atoms with E-state index in [2.05, 4.69) is 57.7 Å². The van der Waals surface area contributed by atoms with Gasteiger partial charge >= 0.3 is 0 Å². The Hall–Kier alpha value is -0.590. The van der Waals surface area contributed by atoms with Crippen LogP contribution in [-0.4, -0.2) is 10.5 Å². The maximum absolute atomic E-state index is 12.6. The van der Waals surface area contributed by atoms with Crippen LogP contribution in [0, 0.1) is 6.92 Å². The smallest absolute Gasteiger partial charge is 0.272 e. The second-order valence-electron chi connectivity index (χ2n) is 5.24. The molecule has 2 aromatic rings. The highest BCUT2D eigenvalue weighted by molar-refractivity contribution is 9.11. The van der Waals surface area contributed by atoms with Crippen molar-refractivity contribution >= 4 is 59.4 Å². The lowest BCUT2D eigenvalue weighted by Crippen LogP contribution is -2.17. The van der Waals surface area contributed by atoms with Gasteiger partial charge in [0.05, 0.1) is 5.69 Å². The molecule has 1 aromatic carbocycles. The van der Waals surface area contributed by atoms with Crippen LogP contribution in [0.15, 0.2) is 37.8 Å². The SMILES string of the molecule is Cc1cc(Br)c(NC(=O)c2cc(Br)cn2C2CC2)c(Br)c1. The van der Waals surface area contributed by atoms with Gasteiger partial charge in [-0.1, -0.05) is 0 Å². The molecule has 1 N–H and O–H groups in total. The maximum Gasteiger partial charge on any atom is 0.272 e. The molecule has 3 rings (SSSR count). The molecular formula is C15H13Br3N2O. The summed E-state index contributed by atoms with van der Waals surface area (Å²) in [7, 11) is 0. The topological polar surface area (TPSA) is 34.0 Å². The highest BCUT2D eigenvalue weighted by Gasteiger charge is 2.28. The highest BCUT2D eigenvalue weighted by atomic mass is 79.9. The highest BCUT2D eigenvalue weighted by Crippen LogP contribution is 2.38. The van der Waals surface area contributed by atoms with Gasteiger partial charge in [0.15, 0.2) is 0 Å². The van der Waals surface area contributed by atoms with Crippen LogP contribution in [0.2, 0.25) is 0 Å². The Bertz CT molecular complexity index is 697. The summed E-state index contributed by atoms with van der Waals surface area (Å²) < 4.78 is 4.72. The zero-order chi connectivity index (χ0) is 15.1. The third-order valence-corrected chi connectivity index (χ3v) is 5.10. The van der Waals surface area contributed by atoms with Crippen LogP contribution in [0.4, 0.5) is 5.69 Å². The van der Waals surface area contributed by atoms with E-state index in [0.29, 0.717) is 11.7 Å². The number of aryl methyl sites for hydroxylation is 1. The molecule has 0 atom stereocenters. The van der Waals surface area contributed by atoms with Crippen LogP contribution < -0.4 is 5.32 Å². The van der Waals surface area contributed by atoms with Gasteiger partial charge in [0, 0.05) is 25.7 Å². The molecule has 3 nitrogen and oxygen atoms in total. The van der Waals surface area contributed by atoms with Crippen molar-refractivity contribution in [3.63, 3.8) is 0 Å². The Labute approximate surface area is 148 Å². The Kier molecular flexibility index (Phi) is 4.30. The number of nitrogens with zero attached hydrogens (tertiary/aromatic N) is 1. The van der Waals surface area contributed by atoms with Crippen LogP contribution in [-0.2, 0) is 0 Å². The summed E-state index contributed by atoms with van der Waals surface area (Å²) in [4.78, 5) is 12.6.